The molecule has 2 aliphatic heterocycles. The Bertz CT molecular complexity index is 650. The smallest absolute Gasteiger partial charge is 0.252 e. The van der Waals surface area contributed by atoms with E-state index < -0.39 is 5.60 Å². The van der Waals surface area contributed by atoms with Crippen molar-refractivity contribution in [2.45, 2.75) is 56.6 Å². The van der Waals surface area contributed by atoms with Gasteiger partial charge in [-0.1, -0.05) is 37.3 Å². The van der Waals surface area contributed by atoms with Crippen LogP contribution < -0.4 is 10.6 Å². The quantitative estimate of drug-likeness (QED) is 0.784. The van der Waals surface area contributed by atoms with Crippen LogP contribution in [0.4, 0.5) is 0 Å². The lowest BCUT2D eigenvalue weighted by molar-refractivity contribution is -0.148. The van der Waals surface area contributed by atoms with E-state index in [9.17, 15) is 9.59 Å². The van der Waals surface area contributed by atoms with E-state index in [-0.39, 0.29) is 23.8 Å². The number of carbonyl (C=O) groups is 2. The molecule has 6 heteroatoms. The van der Waals surface area contributed by atoms with Crippen LogP contribution in [-0.2, 0) is 14.3 Å². The maximum absolute atomic E-state index is 13.0. The second kappa shape index (κ2) is 9.52. The van der Waals surface area contributed by atoms with Crippen molar-refractivity contribution in [3.05, 3.63) is 35.9 Å². The van der Waals surface area contributed by atoms with E-state index in [1.54, 1.807) is 7.11 Å². The van der Waals surface area contributed by atoms with Crippen LogP contribution >= 0.6 is 0 Å². The first-order valence-electron chi connectivity index (χ1n) is 10.5. The summed E-state index contributed by atoms with van der Waals surface area (Å²) in [5.74, 6) is 0.112. The molecule has 0 spiro atoms. The highest BCUT2D eigenvalue weighted by Gasteiger charge is 2.41. The van der Waals surface area contributed by atoms with Crippen LogP contribution in [0.25, 0.3) is 0 Å². The number of nitrogens with one attached hydrogen (secondary N) is 2. The van der Waals surface area contributed by atoms with Crippen molar-refractivity contribution in [1.29, 1.82) is 0 Å². The molecule has 0 aromatic heterocycles. The molecule has 3 rings (SSSR count). The van der Waals surface area contributed by atoms with E-state index in [1.165, 1.54) is 0 Å². The van der Waals surface area contributed by atoms with E-state index >= 15 is 0 Å². The fraction of sp³-hybridized carbons (Fsp3) is 0.636. The van der Waals surface area contributed by atoms with Crippen molar-refractivity contribution in [1.82, 2.24) is 15.5 Å². The number of rotatable bonds is 6. The predicted molar refractivity (Wildman–Crippen MR) is 109 cm³/mol. The van der Waals surface area contributed by atoms with Gasteiger partial charge in [0.05, 0.1) is 5.92 Å². The second-order valence-corrected chi connectivity index (χ2v) is 7.89. The molecule has 1 aromatic rings. The topological polar surface area (TPSA) is 70.7 Å². The number of nitrogens with zero attached hydrogens (tertiary/aromatic N) is 1. The van der Waals surface area contributed by atoms with E-state index in [2.05, 4.69) is 17.6 Å². The summed E-state index contributed by atoms with van der Waals surface area (Å²) in [5.41, 5.74) is 0.372. The number of hydrogen-bond acceptors (Lipinski definition) is 4. The lowest BCUT2D eigenvalue weighted by Crippen LogP contribution is -2.57. The van der Waals surface area contributed by atoms with Gasteiger partial charge in [-0.25, -0.2) is 0 Å². The Kier molecular flexibility index (Phi) is 7.08. The lowest BCUT2D eigenvalue weighted by Gasteiger charge is -2.38. The van der Waals surface area contributed by atoms with Crippen LogP contribution in [0.3, 0.4) is 0 Å². The van der Waals surface area contributed by atoms with Gasteiger partial charge in [-0.2, -0.15) is 0 Å². The summed E-state index contributed by atoms with van der Waals surface area (Å²) in [6, 6.07) is 10.1. The third-order valence-corrected chi connectivity index (χ3v) is 6.27. The van der Waals surface area contributed by atoms with E-state index in [4.69, 9.17) is 4.74 Å². The van der Waals surface area contributed by atoms with Crippen LogP contribution in [0, 0.1) is 0 Å². The third-order valence-electron chi connectivity index (χ3n) is 6.27. The van der Waals surface area contributed by atoms with Crippen molar-refractivity contribution >= 4 is 11.8 Å². The summed E-state index contributed by atoms with van der Waals surface area (Å²) in [6.07, 6.45) is 3.77. The van der Waals surface area contributed by atoms with Crippen molar-refractivity contribution in [2.75, 3.05) is 33.3 Å². The Morgan fingerprint density at radius 3 is 2.43 bits per heavy atom. The van der Waals surface area contributed by atoms with Gasteiger partial charge >= 0.3 is 0 Å². The minimum absolute atomic E-state index is 0.00278. The molecule has 6 nitrogen and oxygen atoms in total. The molecular weight excluding hydrogens is 354 g/mol. The molecule has 0 saturated carbocycles. The van der Waals surface area contributed by atoms with Crippen LogP contribution in [0.2, 0.25) is 0 Å². The monoisotopic (exact) mass is 387 g/mol. The average Bonchev–Trinajstić information content (AvgIpc) is 2.76. The molecule has 0 radical (unpaired) electrons. The standard InChI is InChI=1S/C22H33N3O3/c1-3-19(17-7-5-4-6-8-17)20(26)25-15-9-18(10-16-25)24-21(27)22(28-2)11-13-23-14-12-22/h4-8,18-19,23H,3,9-16H2,1-2H3,(H,24,27). The fourth-order valence-electron chi connectivity index (χ4n) is 4.37. The number of piperidine rings is 2. The maximum Gasteiger partial charge on any atom is 0.252 e. The van der Waals surface area contributed by atoms with E-state index in [1.807, 2.05) is 35.2 Å². The van der Waals surface area contributed by atoms with Crippen molar-refractivity contribution in [2.24, 2.45) is 0 Å². The second-order valence-electron chi connectivity index (χ2n) is 7.89. The fourth-order valence-corrected chi connectivity index (χ4v) is 4.37. The van der Waals surface area contributed by atoms with Crippen LogP contribution in [0.1, 0.15) is 50.5 Å². The Morgan fingerprint density at radius 1 is 1.21 bits per heavy atom. The SMILES string of the molecule is CCC(C(=O)N1CCC(NC(=O)C2(OC)CCNCC2)CC1)c1ccccc1. The van der Waals surface area contributed by atoms with Gasteiger partial charge in [-0.05, 0) is 50.8 Å². The van der Waals surface area contributed by atoms with Crippen molar-refractivity contribution < 1.29 is 14.3 Å². The summed E-state index contributed by atoms with van der Waals surface area (Å²) >= 11 is 0. The zero-order valence-electron chi connectivity index (χ0n) is 17.1. The Morgan fingerprint density at radius 2 is 1.86 bits per heavy atom. The first-order chi connectivity index (χ1) is 13.6. The Hall–Kier alpha value is -1.92. The molecule has 1 atom stereocenters. The van der Waals surface area contributed by atoms with Crippen LogP contribution in [-0.4, -0.2) is 61.6 Å². The first-order valence-corrected chi connectivity index (χ1v) is 10.5. The Balaban J connectivity index is 1.54. The van der Waals surface area contributed by atoms with E-state index in [0.717, 1.165) is 37.9 Å². The number of ether oxygens (including phenoxy) is 1. The van der Waals surface area contributed by atoms with Gasteiger partial charge in [0.15, 0.2) is 0 Å². The molecule has 0 aliphatic carbocycles. The maximum atomic E-state index is 13.0. The van der Waals surface area contributed by atoms with Crippen LogP contribution in [0.15, 0.2) is 30.3 Å². The normalized spacial score (nSPS) is 21.1. The molecule has 1 aromatic carbocycles. The van der Waals surface area contributed by atoms with Gasteiger partial charge in [0, 0.05) is 26.2 Å². The minimum Gasteiger partial charge on any atom is -0.368 e. The number of carbonyl (C=O) groups excluding carboxylic acids is 2. The highest BCUT2D eigenvalue weighted by atomic mass is 16.5. The molecule has 2 N–H and O–H groups in total. The number of methoxy groups -OCH3 is 1. The highest BCUT2D eigenvalue weighted by Crippen LogP contribution is 2.26. The third kappa shape index (κ3) is 4.55. The molecule has 1 unspecified atom stereocenters. The number of likely N-dealkylation sites (tertiary alicyclic amines) is 1. The summed E-state index contributed by atoms with van der Waals surface area (Å²) in [6.45, 7) is 5.03. The predicted octanol–water partition coefficient (Wildman–Crippen LogP) is 2.06. The number of amides is 2. The summed E-state index contributed by atoms with van der Waals surface area (Å²) in [4.78, 5) is 27.8. The Labute approximate surface area is 168 Å². The molecule has 2 saturated heterocycles. The zero-order valence-corrected chi connectivity index (χ0v) is 17.1. The molecule has 2 aliphatic rings. The highest BCUT2D eigenvalue weighted by molar-refractivity contribution is 5.86. The lowest BCUT2D eigenvalue weighted by atomic mass is 9.90. The number of hydrogen-bond donors (Lipinski definition) is 2. The molecule has 2 heterocycles. The average molecular weight is 388 g/mol. The van der Waals surface area contributed by atoms with E-state index in [0.29, 0.717) is 25.9 Å². The van der Waals surface area contributed by atoms with Crippen LogP contribution in [0.5, 0.6) is 0 Å². The largest absolute Gasteiger partial charge is 0.368 e. The van der Waals surface area contributed by atoms with Gasteiger partial charge in [-0.15, -0.1) is 0 Å². The summed E-state index contributed by atoms with van der Waals surface area (Å²) in [5, 5.41) is 6.46. The zero-order chi connectivity index (χ0) is 20.0. The molecule has 2 fully saturated rings. The molecule has 28 heavy (non-hydrogen) atoms. The van der Waals surface area contributed by atoms with Crippen molar-refractivity contribution in [3.8, 4) is 0 Å². The van der Waals surface area contributed by atoms with Gasteiger partial charge in [0.2, 0.25) is 5.91 Å². The van der Waals surface area contributed by atoms with Gasteiger partial charge in [-0.3, -0.25) is 9.59 Å². The molecule has 2 amide bonds. The van der Waals surface area contributed by atoms with Crippen molar-refractivity contribution in [3.63, 3.8) is 0 Å². The molecular formula is C22H33N3O3. The molecule has 154 valence electrons. The molecule has 0 bridgehead atoms. The summed E-state index contributed by atoms with van der Waals surface area (Å²) in [7, 11) is 1.63. The number of benzene rings is 1. The summed E-state index contributed by atoms with van der Waals surface area (Å²) < 4.78 is 5.62. The van der Waals surface area contributed by atoms with Gasteiger partial charge < -0.3 is 20.3 Å². The minimum atomic E-state index is -0.710. The first kappa shape index (κ1) is 20.8. The van der Waals surface area contributed by atoms with Gasteiger partial charge in [0.1, 0.15) is 5.60 Å². The van der Waals surface area contributed by atoms with Gasteiger partial charge in [0.25, 0.3) is 5.91 Å².